The van der Waals surface area contributed by atoms with Crippen LogP contribution >= 0.6 is 0 Å². The number of likely N-dealkylation sites (N-methyl/N-ethyl adjacent to an activating group) is 1. The van der Waals surface area contributed by atoms with Gasteiger partial charge in [0.2, 0.25) is 11.9 Å². The minimum absolute atomic E-state index is 0.136. The summed E-state index contributed by atoms with van der Waals surface area (Å²) in [4.78, 5) is 38.7. The van der Waals surface area contributed by atoms with Gasteiger partial charge in [0.1, 0.15) is 11.7 Å². The van der Waals surface area contributed by atoms with Crippen molar-refractivity contribution in [2.75, 3.05) is 64.7 Å². The molecule has 238 valence electrons. The number of carbonyl (C=O) groups is 2. The number of aromatic nitrogens is 4. The molecule has 1 fully saturated rings. The molecule has 13 heteroatoms. The molecule has 0 saturated carbocycles. The first-order valence-electron chi connectivity index (χ1n) is 14.9. The van der Waals surface area contributed by atoms with Crippen LogP contribution in [0.3, 0.4) is 0 Å². The summed E-state index contributed by atoms with van der Waals surface area (Å²) >= 11 is 0. The van der Waals surface area contributed by atoms with Crippen LogP contribution in [-0.2, 0) is 20.7 Å². The second-order valence-electron chi connectivity index (χ2n) is 11.2. The summed E-state index contributed by atoms with van der Waals surface area (Å²) in [6.45, 7) is 3.61. The summed E-state index contributed by atoms with van der Waals surface area (Å²) in [6.07, 6.45) is 6.76. The van der Waals surface area contributed by atoms with E-state index in [1.807, 2.05) is 24.3 Å². The normalized spacial score (nSPS) is 15.6. The molecule has 2 aromatic heterocycles. The highest BCUT2D eigenvalue weighted by molar-refractivity contribution is 5.98. The first-order valence-corrected chi connectivity index (χ1v) is 14.9. The number of benzene rings is 2. The van der Waals surface area contributed by atoms with Crippen LogP contribution in [0.15, 0.2) is 67.1 Å². The Bertz CT molecular complexity index is 1780. The number of carbonyl (C=O) groups excluding carboxylic acids is 2. The largest absolute Gasteiger partial charge is 0.465 e. The van der Waals surface area contributed by atoms with Gasteiger partial charge < -0.3 is 25.0 Å². The maximum Gasteiger partial charge on any atom is 0.340 e. The van der Waals surface area contributed by atoms with Gasteiger partial charge in [-0.1, -0.05) is 30.3 Å². The molecule has 6 rings (SSSR count). The minimum atomic E-state index is -0.572. The van der Waals surface area contributed by atoms with Crippen molar-refractivity contribution in [3.63, 3.8) is 0 Å². The van der Waals surface area contributed by atoms with E-state index in [0.717, 1.165) is 43.5 Å². The topological polar surface area (TPSA) is 127 Å². The number of para-hydroxylation sites is 1. The molecule has 2 aliphatic rings. The third kappa shape index (κ3) is 6.38. The Hall–Kier alpha value is -4.98. The number of rotatable bonds is 10. The molecule has 46 heavy (non-hydrogen) atoms. The van der Waals surface area contributed by atoms with E-state index in [1.54, 1.807) is 43.8 Å². The predicted octanol–water partition coefficient (Wildman–Crippen LogP) is 3.52. The van der Waals surface area contributed by atoms with Crippen molar-refractivity contribution in [2.24, 2.45) is 0 Å². The molecule has 1 amide bonds. The number of nitrogens with zero attached hydrogens (tertiary/aromatic N) is 6. The SMILES string of the molecule is COC[C@H](C(=O)Nc1cccc2c1CC=C2c1nc(Nc2cnn(-c3ccccc3C(=O)OC)c2)ncc1F)N1CCN(C)CC1. The first kappa shape index (κ1) is 31.0. The lowest BCUT2D eigenvalue weighted by Gasteiger charge is -2.36. The lowest BCUT2D eigenvalue weighted by Crippen LogP contribution is -2.54. The Morgan fingerprint density at radius 2 is 1.85 bits per heavy atom. The zero-order valence-electron chi connectivity index (χ0n) is 25.9. The lowest BCUT2D eigenvalue weighted by atomic mass is 10.0. The zero-order valence-corrected chi connectivity index (χ0v) is 25.9. The third-order valence-corrected chi connectivity index (χ3v) is 8.23. The van der Waals surface area contributed by atoms with E-state index in [0.29, 0.717) is 34.6 Å². The van der Waals surface area contributed by atoms with Crippen LogP contribution < -0.4 is 10.6 Å². The maximum atomic E-state index is 15.2. The highest BCUT2D eigenvalue weighted by atomic mass is 19.1. The number of hydrogen-bond acceptors (Lipinski definition) is 10. The van der Waals surface area contributed by atoms with E-state index in [-0.39, 0.29) is 24.2 Å². The minimum Gasteiger partial charge on any atom is -0.465 e. The Labute approximate surface area is 265 Å². The van der Waals surface area contributed by atoms with Gasteiger partial charge >= 0.3 is 5.97 Å². The molecule has 1 atom stereocenters. The molecule has 3 heterocycles. The number of methoxy groups -OCH3 is 2. The molecule has 2 N–H and O–H groups in total. The fraction of sp³-hybridized carbons (Fsp3) is 0.303. The molecule has 4 aromatic rings. The number of halogens is 1. The van der Waals surface area contributed by atoms with Gasteiger partial charge in [0.15, 0.2) is 5.82 Å². The average molecular weight is 627 g/mol. The number of allylic oxidation sites excluding steroid dienone is 1. The summed E-state index contributed by atoms with van der Waals surface area (Å²) in [5, 5.41) is 10.5. The summed E-state index contributed by atoms with van der Waals surface area (Å²) < 4.78 is 27.1. The average Bonchev–Trinajstić information content (AvgIpc) is 3.72. The number of anilines is 3. The first-order chi connectivity index (χ1) is 22.4. The van der Waals surface area contributed by atoms with Gasteiger partial charge in [0.05, 0.1) is 49.2 Å². The maximum absolute atomic E-state index is 15.2. The van der Waals surface area contributed by atoms with Crippen molar-refractivity contribution in [1.29, 1.82) is 0 Å². The van der Waals surface area contributed by atoms with Gasteiger partial charge in [0.25, 0.3) is 0 Å². The highest BCUT2D eigenvalue weighted by Crippen LogP contribution is 2.37. The third-order valence-electron chi connectivity index (χ3n) is 8.23. The van der Waals surface area contributed by atoms with Crippen LogP contribution in [0.4, 0.5) is 21.7 Å². The second kappa shape index (κ2) is 13.6. The number of amides is 1. The van der Waals surface area contributed by atoms with Gasteiger partial charge in [-0.25, -0.2) is 23.8 Å². The molecule has 2 aromatic carbocycles. The summed E-state index contributed by atoms with van der Waals surface area (Å²) in [5.74, 6) is -1.02. The molecule has 0 radical (unpaired) electrons. The van der Waals surface area contributed by atoms with Crippen LogP contribution in [0.2, 0.25) is 0 Å². The number of ether oxygens (including phenoxy) is 2. The van der Waals surface area contributed by atoms with Crippen LogP contribution in [0.25, 0.3) is 11.3 Å². The molecule has 1 aliphatic carbocycles. The van der Waals surface area contributed by atoms with E-state index in [1.165, 1.54) is 11.8 Å². The van der Waals surface area contributed by atoms with Crippen LogP contribution in [-0.4, -0.2) is 102 Å². The molecule has 0 bridgehead atoms. The van der Waals surface area contributed by atoms with Crippen molar-refractivity contribution in [2.45, 2.75) is 12.5 Å². The molecule has 12 nitrogen and oxygen atoms in total. The quantitative estimate of drug-likeness (QED) is 0.253. The molecule has 1 saturated heterocycles. The van der Waals surface area contributed by atoms with Gasteiger partial charge in [0, 0.05) is 44.5 Å². The van der Waals surface area contributed by atoms with Crippen LogP contribution in [0, 0.1) is 5.82 Å². The van der Waals surface area contributed by atoms with Gasteiger partial charge in [-0.15, -0.1) is 0 Å². The number of piperazine rings is 1. The Kier molecular flexibility index (Phi) is 9.15. The molecular formula is C33H35FN8O4. The van der Waals surface area contributed by atoms with Gasteiger partial charge in [-0.3, -0.25) is 9.69 Å². The fourth-order valence-electron chi connectivity index (χ4n) is 5.79. The number of esters is 1. The highest BCUT2D eigenvalue weighted by Gasteiger charge is 2.30. The Morgan fingerprint density at radius 3 is 2.63 bits per heavy atom. The van der Waals surface area contributed by atoms with Crippen LogP contribution in [0.5, 0.6) is 0 Å². The summed E-state index contributed by atoms with van der Waals surface area (Å²) in [7, 11) is 4.99. The second-order valence-corrected chi connectivity index (χ2v) is 11.2. The fourth-order valence-corrected chi connectivity index (χ4v) is 5.79. The van der Waals surface area contributed by atoms with E-state index in [2.05, 4.69) is 42.5 Å². The number of hydrogen-bond donors (Lipinski definition) is 2. The number of fused-ring (bicyclic) bond motifs is 1. The Balaban J connectivity index is 1.20. The summed E-state index contributed by atoms with van der Waals surface area (Å²) in [5.41, 5.74) is 4.54. The van der Waals surface area contributed by atoms with Gasteiger partial charge in [-0.05, 0) is 42.8 Å². The molecule has 1 aliphatic heterocycles. The monoisotopic (exact) mass is 626 g/mol. The van der Waals surface area contributed by atoms with E-state index in [4.69, 9.17) is 9.47 Å². The van der Waals surface area contributed by atoms with Gasteiger partial charge in [-0.2, -0.15) is 5.10 Å². The number of nitrogens with one attached hydrogen (secondary N) is 2. The molecular weight excluding hydrogens is 591 g/mol. The van der Waals surface area contributed by atoms with E-state index >= 15 is 4.39 Å². The van der Waals surface area contributed by atoms with Crippen molar-refractivity contribution >= 4 is 34.8 Å². The molecule has 0 spiro atoms. The Morgan fingerprint density at radius 1 is 1.04 bits per heavy atom. The van der Waals surface area contributed by atoms with E-state index in [9.17, 15) is 9.59 Å². The predicted molar refractivity (Wildman–Crippen MR) is 171 cm³/mol. The zero-order chi connectivity index (χ0) is 32.2. The van der Waals surface area contributed by atoms with Crippen molar-refractivity contribution in [3.05, 3.63) is 95.3 Å². The van der Waals surface area contributed by atoms with Crippen LogP contribution in [0.1, 0.15) is 27.2 Å². The molecule has 0 unspecified atom stereocenters. The standard InChI is InChI=1S/C33H35FN8O4/c1-40-13-15-41(16-14-40)29(20-45-2)31(43)38-27-9-6-8-22-23(27)11-12-24(22)30-26(34)18-35-33(39-30)37-21-17-36-42(19-21)28-10-5-4-7-25(28)32(44)46-3/h4-10,12,17-19,29H,11,13-16,20H2,1-3H3,(H,38,43)(H,35,37,39)/t29-/m1/s1. The smallest absolute Gasteiger partial charge is 0.340 e. The van der Waals surface area contributed by atoms with Crippen molar-refractivity contribution < 1.29 is 23.5 Å². The van der Waals surface area contributed by atoms with E-state index < -0.39 is 17.8 Å². The summed E-state index contributed by atoms with van der Waals surface area (Å²) in [6, 6.07) is 12.1. The van der Waals surface area contributed by atoms with Crippen molar-refractivity contribution in [3.8, 4) is 5.69 Å². The lowest BCUT2D eigenvalue weighted by molar-refractivity contribution is -0.124. The van der Waals surface area contributed by atoms with Crippen molar-refractivity contribution in [1.82, 2.24) is 29.5 Å².